The molecule has 6 heteroatoms. The Morgan fingerprint density at radius 2 is 2.16 bits per heavy atom. The summed E-state index contributed by atoms with van der Waals surface area (Å²) in [5.41, 5.74) is 5.99. The van der Waals surface area contributed by atoms with Crippen molar-refractivity contribution in [2.45, 2.75) is 31.3 Å². The van der Waals surface area contributed by atoms with Crippen LogP contribution in [0.3, 0.4) is 0 Å². The van der Waals surface area contributed by atoms with Crippen molar-refractivity contribution in [1.29, 1.82) is 0 Å². The first kappa shape index (κ1) is 13.4. The van der Waals surface area contributed by atoms with Gasteiger partial charge in [-0.25, -0.2) is 0 Å². The average Bonchev–Trinajstić information content (AvgIpc) is 2.42. The van der Waals surface area contributed by atoms with Gasteiger partial charge >= 0.3 is 0 Å². The molecule has 100 valence electrons. The SMILES string of the molecule is CCCC1(c2ccncc2)C=NC(N)C([N+](=O)[O-])=C1. The zero-order chi connectivity index (χ0) is 13.9. The Morgan fingerprint density at radius 1 is 1.47 bits per heavy atom. The molecule has 1 aliphatic rings. The number of nitrogens with two attached hydrogens (primary N) is 1. The van der Waals surface area contributed by atoms with E-state index in [1.165, 1.54) is 0 Å². The summed E-state index contributed by atoms with van der Waals surface area (Å²) in [6.07, 6.45) is 7.44. The molecule has 0 radical (unpaired) electrons. The lowest BCUT2D eigenvalue weighted by Gasteiger charge is -2.29. The minimum atomic E-state index is -0.887. The highest BCUT2D eigenvalue weighted by Gasteiger charge is 2.36. The highest BCUT2D eigenvalue weighted by Crippen LogP contribution is 2.33. The summed E-state index contributed by atoms with van der Waals surface area (Å²) < 4.78 is 0. The first-order valence-electron chi connectivity index (χ1n) is 6.16. The molecule has 0 saturated heterocycles. The van der Waals surface area contributed by atoms with Crippen LogP contribution in [0.2, 0.25) is 0 Å². The molecule has 0 amide bonds. The van der Waals surface area contributed by atoms with Crippen molar-refractivity contribution in [2.75, 3.05) is 0 Å². The molecule has 1 aliphatic heterocycles. The van der Waals surface area contributed by atoms with Gasteiger partial charge in [0.1, 0.15) is 0 Å². The van der Waals surface area contributed by atoms with Crippen molar-refractivity contribution >= 4 is 6.21 Å². The maximum atomic E-state index is 11.1. The maximum absolute atomic E-state index is 11.1. The van der Waals surface area contributed by atoms with Crippen molar-refractivity contribution in [3.8, 4) is 0 Å². The van der Waals surface area contributed by atoms with Crippen molar-refractivity contribution in [3.63, 3.8) is 0 Å². The van der Waals surface area contributed by atoms with Crippen molar-refractivity contribution in [3.05, 3.63) is 52.0 Å². The van der Waals surface area contributed by atoms with E-state index in [9.17, 15) is 10.1 Å². The minimum absolute atomic E-state index is 0.0484. The van der Waals surface area contributed by atoms with Crippen LogP contribution in [0.15, 0.2) is 41.3 Å². The Bertz CT molecular complexity index is 527. The number of pyridine rings is 1. The molecule has 0 bridgehead atoms. The van der Waals surface area contributed by atoms with Crippen LogP contribution in [0.1, 0.15) is 25.3 Å². The first-order valence-corrected chi connectivity index (χ1v) is 6.16. The van der Waals surface area contributed by atoms with Crippen LogP contribution in [-0.2, 0) is 5.41 Å². The number of rotatable bonds is 4. The third-order valence-electron chi connectivity index (χ3n) is 3.27. The van der Waals surface area contributed by atoms with Gasteiger partial charge in [-0.2, -0.15) is 0 Å². The topological polar surface area (TPSA) is 94.4 Å². The van der Waals surface area contributed by atoms with Crippen molar-refractivity contribution in [1.82, 2.24) is 4.98 Å². The van der Waals surface area contributed by atoms with Crippen molar-refractivity contribution < 1.29 is 4.92 Å². The third-order valence-corrected chi connectivity index (χ3v) is 3.27. The number of aliphatic imine (C=N–C) groups is 1. The maximum Gasteiger partial charge on any atom is 0.282 e. The van der Waals surface area contributed by atoms with Crippen LogP contribution < -0.4 is 5.73 Å². The average molecular weight is 260 g/mol. The summed E-state index contributed by atoms with van der Waals surface area (Å²) in [5.74, 6) is 0. The number of hydrogen-bond acceptors (Lipinski definition) is 5. The predicted octanol–water partition coefficient (Wildman–Crippen LogP) is 1.65. The summed E-state index contributed by atoms with van der Waals surface area (Å²) in [6, 6.07) is 3.71. The van der Waals surface area contributed by atoms with Crippen LogP contribution in [0.4, 0.5) is 0 Å². The highest BCUT2D eigenvalue weighted by molar-refractivity contribution is 5.78. The number of dihydropyridines is 1. The van der Waals surface area contributed by atoms with Gasteiger partial charge in [0.05, 0.1) is 10.3 Å². The summed E-state index contributed by atoms with van der Waals surface area (Å²) >= 11 is 0. The van der Waals surface area contributed by atoms with E-state index in [1.807, 2.05) is 19.1 Å². The lowest BCUT2D eigenvalue weighted by Crippen LogP contribution is -2.37. The molecular formula is C13H16N4O2. The molecule has 1 aromatic heterocycles. The number of aromatic nitrogens is 1. The molecule has 2 heterocycles. The molecule has 19 heavy (non-hydrogen) atoms. The molecule has 2 rings (SSSR count). The second-order valence-electron chi connectivity index (χ2n) is 4.58. The third kappa shape index (κ3) is 2.53. The van der Waals surface area contributed by atoms with E-state index in [2.05, 4.69) is 9.98 Å². The summed E-state index contributed by atoms with van der Waals surface area (Å²) in [4.78, 5) is 18.7. The number of allylic oxidation sites excluding steroid dienone is 1. The van der Waals surface area contributed by atoms with Crippen molar-refractivity contribution in [2.24, 2.45) is 10.7 Å². The summed E-state index contributed by atoms with van der Waals surface area (Å²) in [6.45, 7) is 2.03. The molecule has 2 N–H and O–H groups in total. The number of nitro groups is 1. The van der Waals surface area contributed by atoms with Crippen LogP contribution in [0.25, 0.3) is 0 Å². The van der Waals surface area contributed by atoms with Crippen LogP contribution in [-0.4, -0.2) is 22.3 Å². The standard InChI is InChI=1S/C13H16N4O2/c1-2-5-13(10-3-6-15-7-4-10)8-11(17(18)19)12(14)16-9-13/h3-4,6-9,12H,2,5,14H2,1H3. The minimum Gasteiger partial charge on any atom is -0.301 e. The Labute approximate surface area is 111 Å². The fourth-order valence-corrected chi connectivity index (χ4v) is 2.35. The lowest BCUT2D eigenvalue weighted by atomic mass is 9.76. The lowest BCUT2D eigenvalue weighted by molar-refractivity contribution is -0.430. The molecule has 1 aromatic rings. The van der Waals surface area contributed by atoms with Gasteiger partial charge in [-0.05, 0) is 24.1 Å². The monoisotopic (exact) mass is 260 g/mol. The Morgan fingerprint density at radius 3 is 2.74 bits per heavy atom. The van der Waals surface area contributed by atoms with E-state index in [1.54, 1.807) is 24.7 Å². The zero-order valence-corrected chi connectivity index (χ0v) is 10.7. The number of hydrogen-bond donors (Lipinski definition) is 1. The summed E-state index contributed by atoms with van der Waals surface area (Å²) in [7, 11) is 0. The number of nitrogens with zero attached hydrogens (tertiary/aromatic N) is 3. The Balaban J connectivity index is 2.52. The zero-order valence-electron chi connectivity index (χ0n) is 10.7. The Kier molecular flexibility index (Phi) is 3.71. The molecule has 0 fully saturated rings. The molecule has 0 aromatic carbocycles. The van der Waals surface area contributed by atoms with Crippen LogP contribution in [0.5, 0.6) is 0 Å². The predicted molar refractivity (Wildman–Crippen MR) is 72.4 cm³/mol. The van der Waals surface area contributed by atoms with Gasteiger partial charge in [0.15, 0.2) is 6.17 Å². The second kappa shape index (κ2) is 5.27. The molecule has 0 saturated carbocycles. The first-order chi connectivity index (χ1) is 9.09. The molecule has 0 aliphatic carbocycles. The van der Waals surface area contributed by atoms with Gasteiger partial charge in [0.2, 0.25) is 0 Å². The van der Waals surface area contributed by atoms with Gasteiger partial charge in [-0.15, -0.1) is 0 Å². The van der Waals surface area contributed by atoms with Gasteiger partial charge in [0, 0.05) is 24.7 Å². The van der Waals surface area contributed by atoms with Crippen LogP contribution >= 0.6 is 0 Å². The van der Waals surface area contributed by atoms with E-state index in [0.29, 0.717) is 0 Å². The quantitative estimate of drug-likeness (QED) is 0.657. The van der Waals surface area contributed by atoms with Gasteiger partial charge in [-0.1, -0.05) is 13.3 Å². The normalized spacial score (nSPS) is 26.0. The smallest absolute Gasteiger partial charge is 0.282 e. The summed E-state index contributed by atoms with van der Waals surface area (Å²) in [5, 5.41) is 11.1. The second-order valence-corrected chi connectivity index (χ2v) is 4.58. The molecular weight excluding hydrogens is 244 g/mol. The van der Waals surface area contributed by atoms with E-state index >= 15 is 0 Å². The van der Waals surface area contributed by atoms with Gasteiger partial charge in [0.25, 0.3) is 5.70 Å². The van der Waals surface area contributed by atoms with E-state index < -0.39 is 16.5 Å². The van der Waals surface area contributed by atoms with Crippen LogP contribution in [0, 0.1) is 10.1 Å². The Hall–Kier alpha value is -2.08. The fraction of sp³-hybridized carbons (Fsp3) is 0.385. The molecule has 6 nitrogen and oxygen atoms in total. The van der Waals surface area contributed by atoms with E-state index in [4.69, 9.17) is 5.73 Å². The molecule has 2 unspecified atom stereocenters. The van der Waals surface area contributed by atoms with Gasteiger partial charge < -0.3 is 5.73 Å². The molecule has 2 atom stereocenters. The van der Waals surface area contributed by atoms with E-state index in [0.717, 1.165) is 18.4 Å². The molecule has 0 spiro atoms. The highest BCUT2D eigenvalue weighted by atomic mass is 16.6. The largest absolute Gasteiger partial charge is 0.301 e. The van der Waals surface area contributed by atoms with E-state index in [-0.39, 0.29) is 5.70 Å². The fourth-order valence-electron chi connectivity index (χ4n) is 2.35. The van der Waals surface area contributed by atoms with Gasteiger partial charge in [-0.3, -0.25) is 20.1 Å².